The maximum Gasteiger partial charge on any atom is 0.257 e. The van der Waals surface area contributed by atoms with Crippen molar-refractivity contribution in [2.24, 2.45) is 5.41 Å². The van der Waals surface area contributed by atoms with Gasteiger partial charge in [-0.1, -0.05) is 30.3 Å². The summed E-state index contributed by atoms with van der Waals surface area (Å²) in [6, 6.07) is 6.40. The van der Waals surface area contributed by atoms with Gasteiger partial charge in [0.1, 0.15) is 18.3 Å². The van der Waals surface area contributed by atoms with Crippen LogP contribution in [0, 0.1) is 17.0 Å². The van der Waals surface area contributed by atoms with Crippen molar-refractivity contribution in [3.8, 4) is 11.1 Å². The molecule has 6 nitrogen and oxygen atoms in total. The number of carbonyl (C=O) groups is 1. The van der Waals surface area contributed by atoms with Crippen LogP contribution in [0.1, 0.15) is 25.3 Å². The molecule has 0 radical (unpaired) electrons. The van der Waals surface area contributed by atoms with Crippen LogP contribution in [0.3, 0.4) is 0 Å². The van der Waals surface area contributed by atoms with Gasteiger partial charge in [-0.15, -0.1) is 0 Å². The summed E-state index contributed by atoms with van der Waals surface area (Å²) in [6.07, 6.45) is 0.648. The number of nitrogens with zero attached hydrogens (tertiary/aromatic N) is 1. The number of rotatable bonds is 8. The zero-order valence-corrected chi connectivity index (χ0v) is 19.8. The number of amides is 1. The Bertz CT molecular complexity index is 1220. The Hall–Kier alpha value is -2.50. The second-order valence-electron chi connectivity index (χ2n) is 9.59. The van der Waals surface area contributed by atoms with E-state index in [9.17, 15) is 31.5 Å². The molecule has 4 rings (SSSR count). The summed E-state index contributed by atoms with van der Waals surface area (Å²) in [7, 11) is -4.38. The maximum atomic E-state index is 15.6. The van der Waals surface area contributed by atoms with E-state index >= 15 is 4.39 Å². The predicted molar refractivity (Wildman–Crippen MR) is 121 cm³/mol. The largest absolute Gasteiger partial charge is 0.378 e. The first-order chi connectivity index (χ1) is 16.4. The SMILES string of the molecule is C[C@@](O)(CF)C(=O)N1CC2(CC2)[C@H](NS(=O)(=O)CF)[C@@H]1Cc1cc(F)cc(-c2ccccc2)c1F. The third kappa shape index (κ3) is 4.94. The minimum Gasteiger partial charge on any atom is -0.378 e. The van der Waals surface area contributed by atoms with E-state index in [0.717, 1.165) is 24.0 Å². The molecule has 1 aliphatic heterocycles. The Labute approximate surface area is 201 Å². The molecule has 0 unspecified atom stereocenters. The number of halogens is 4. The summed E-state index contributed by atoms with van der Waals surface area (Å²) in [5, 5.41) is 10.3. The van der Waals surface area contributed by atoms with E-state index in [1.54, 1.807) is 30.3 Å². The topological polar surface area (TPSA) is 86.7 Å². The number of likely N-dealkylation sites (tertiary alicyclic amines) is 1. The van der Waals surface area contributed by atoms with Gasteiger partial charge < -0.3 is 10.0 Å². The highest BCUT2D eigenvalue weighted by Crippen LogP contribution is 2.56. The lowest BCUT2D eigenvalue weighted by Crippen LogP contribution is -2.54. The Balaban J connectivity index is 1.78. The normalized spacial score (nSPS) is 22.9. The van der Waals surface area contributed by atoms with E-state index < -0.39 is 63.3 Å². The summed E-state index contributed by atoms with van der Waals surface area (Å²) >= 11 is 0. The third-order valence-corrected chi connectivity index (χ3v) is 7.78. The van der Waals surface area contributed by atoms with Crippen molar-refractivity contribution < 1.29 is 35.9 Å². The fourth-order valence-electron chi connectivity index (χ4n) is 4.87. The van der Waals surface area contributed by atoms with Gasteiger partial charge in [0, 0.05) is 23.6 Å². The number of benzene rings is 2. The molecule has 35 heavy (non-hydrogen) atoms. The molecule has 1 saturated heterocycles. The first-order valence-electron chi connectivity index (χ1n) is 11.1. The second-order valence-corrected chi connectivity index (χ2v) is 11.3. The number of hydrogen-bond donors (Lipinski definition) is 2. The molecule has 0 aromatic heterocycles. The first kappa shape index (κ1) is 25.6. The Morgan fingerprint density at radius 3 is 2.43 bits per heavy atom. The van der Waals surface area contributed by atoms with Crippen molar-refractivity contribution in [3.63, 3.8) is 0 Å². The van der Waals surface area contributed by atoms with E-state index in [-0.39, 0.29) is 24.1 Å². The molecule has 190 valence electrons. The van der Waals surface area contributed by atoms with Crippen LogP contribution in [0.25, 0.3) is 11.1 Å². The molecule has 1 heterocycles. The van der Waals surface area contributed by atoms with Crippen molar-refractivity contribution in [2.75, 3.05) is 19.2 Å². The molecular formula is C24H26F4N2O4S. The molecule has 2 aliphatic rings. The van der Waals surface area contributed by atoms with Crippen molar-refractivity contribution >= 4 is 15.9 Å². The summed E-state index contributed by atoms with van der Waals surface area (Å²) in [5.41, 5.74) is -2.89. The molecule has 2 N–H and O–H groups in total. The fraction of sp³-hybridized carbons (Fsp3) is 0.458. The summed E-state index contributed by atoms with van der Waals surface area (Å²) in [6.45, 7) is -0.439. The molecule has 2 aromatic rings. The zero-order chi connectivity index (χ0) is 25.6. The Morgan fingerprint density at radius 1 is 1.20 bits per heavy atom. The van der Waals surface area contributed by atoms with E-state index in [1.165, 1.54) is 0 Å². The maximum absolute atomic E-state index is 15.6. The highest BCUT2D eigenvalue weighted by molar-refractivity contribution is 7.89. The number of aliphatic hydroxyl groups is 1. The standard InChI is InChI=1S/C24H26F4N2O4S/c1-23(32,12-25)22(31)30-13-24(7-8-24)21(29-35(33,34)14-26)19(30)10-16-9-17(27)11-18(20(16)28)15-5-3-2-4-6-15/h2-6,9,11,19,21,29,32H,7-8,10,12-14H2,1H3/t19-,21+,23+/m0/s1. The minimum atomic E-state index is -4.38. The smallest absolute Gasteiger partial charge is 0.257 e. The first-order valence-corrected chi connectivity index (χ1v) is 12.8. The fourth-order valence-corrected chi connectivity index (χ4v) is 5.72. The lowest BCUT2D eigenvalue weighted by atomic mass is 9.91. The van der Waals surface area contributed by atoms with Crippen LogP contribution in [0.5, 0.6) is 0 Å². The van der Waals surface area contributed by atoms with Crippen molar-refractivity contribution in [1.82, 2.24) is 9.62 Å². The molecule has 1 amide bonds. The molecule has 11 heteroatoms. The molecule has 1 saturated carbocycles. The van der Waals surface area contributed by atoms with E-state index in [4.69, 9.17) is 0 Å². The summed E-state index contributed by atoms with van der Waals surface area (Å²) in [4.78, 5) is 14.2. The zero-order valence-electron chi connectivity index (χ0n) is 19.0. The summed E-state index contributed by atoms with van der Waals surface area (Å²) in [5.74, 6) is -2.50. The number of alkyl halides is 2. The number of nitrogens with one attached hydrogen (secondary N) is 1. The van der Waals surface area contributed by atoms with Gasteiger partial charge in [0.2, 0.25) is 16.0 Å². The van der Waals surface area contributed by atoms with E-state index in [2.05, 4.69) is 4.72 Å². The van der Waals surface area contributed by atoms with Gasteiger partial charge in [0.25, 0.3) is 5.91 Å². The van der Waals surface area contributed by atoms with Crippen LogP contribution in [0.4, 0.5) is 17.6 Å². The molecule has 2 fully saturated rings. The molecule has 2 aromatic carbocycles. The van der Waals surface area contributed by atoms with Crippen LogP contribution in [-0.4, -0.2) is 61.2 Å². The van der Waals surface area contributed by atoms with Gasteiger partial charge in [-0.05, 0) is 49.4 Å². The average molecular weight is 515 g/mol. The van der Waals surface area contributed by atoms with Crippen molar-refractivity contribution in [3.05, 3.63) is 59.7 Å². The molecular weight excluding hydrogens is 488 g/mol. The quantitative estimate of drug-likeness (QED) is 0.530. The lowest BCUT2D eigenvalue weighted by molar-refractivity contribution is -0.152. The van der Waals surface area contributed by atoms with E-state index in [0.29, 0.717) is 18.4 Å². The number of carbonyl (C=O) groups excluding carboxylic acids is 1. The Kier molecular flexibility index (Phi) is 6.71. The number of hydrogen-bond acceptors (Lipinski definition) is 4. The van der Waals surface area contributed by atoms with Gasteiger partial charge in [-0.2, -0.15) is 0 Å². The Morgan fingerprint density at radius 2 is 1.86 bits per heavy atom. The van der Waals surface area contributed by atoms with Gasteiger partial charge in [-0.3, -0.25) is 4.79 Å². The van der Waals surface area contributed by atoms with Crippen LogP contribution in [0.15, 0.2) is 42.5 Å². The molecule has 3 atom stereocenters. The highest BCUT2D eigenvalue weighted by atomic mass is 32.2. The van der Waals surface area contributed by atoms with Gasteiger partial charge in [0.05, 0.1) is 6.04 Å². The van der Waals surface area contributed by atoms with Crippen LogP contribution < -0.4 is 4.72 Å². The number of sulfonamides is 1. The van der Waals surface area contributed by atoms with Gasteiger partial charge >= 0.3 is 0 Å². The predicted octanol–water partition coefficient (Wildman–Crippen LogP) is 3.10. The average Bonchev–Trinajstić information content (AvgIpc) is 3.56. The van der Waals surface area contributed by atoms with Gasteiger partial charge in [-0.25, -0.2) is 30.7 Å². The monoisotopic (exact) mass is 514 g/mol. The molecule has 1 aliphatic carbocycles. The molecule has 1 spiro atoms. The van der Waals surface area contributed by atoms with E-state index in [1.807, 2.05) is 0 Å². The van der Waals surface area contributed by atoms with Crippen LogP contribution >= 0.6 is 0 Å². The van der Waals surface area contributed by atoms with Crippen molar-refractivity contribution in [1.29, 1.82) is 0 Å². The summed E-state index contributed by atoms with van der Waals surface area (Å²) < 4.78 is 83.3. The lowest BCUT2D eigenvalue weighted by Gasteiger charge is -2.33. The molecule has 0 bridgehead atoms. The van der Waals surface area contributed by atoms with Crippen LogP contribution in [-0.2, 0) is 21.2 Å². The van der Waals surface area contributed by atoms with Crippen molar-refractivity contribution in [2.45, 2.75) is 43.9 Å². The third-order valence-electron chi connectivity index (χ3n) is 6.88. The highest BCUT2D eigenvalue weighted by Gasteiger charge is 2.62. The minimum absolute atomic E-state index is 0.0192. The second kappa shape index (κ2) is 9.18. The van der Waals surface area contributed by atoms with Crippen LogP contribution in [0.2, 0.25) is 0 Å². The van der Waals surface area contributed by atoms with Gasteiger partial charge in [0.15, 0.2) is 5.60 Å².